The summed E-state index contributed by atoms with van der Waals surface area (Å²) in [6, 6.07) is 20.2. The van der Waals surface area contributed by atoms with E-state index in [1.54, 1.807) is 30.9 Å². The van der Waals surface area contributed by atoms with Gasteiger partial charge in [-0.3, -0.25) is 14.2 Å². The lowest BCUT2D eigenvalue weighted by Gasteiger charge is -2.24. The van der Waals surface area contributed by atoms with Gasteiger partial charge in [0, 0.05) is 17.7 Å². The van der Waals surface area contributed by atoms with Crippen molar-refractivity contribution in [2.45, 2.75) is 24.2 Å². The topological polar surface area (TPSA) is 111 Å². The second-order valence-electron chi connectivity index (χ2n) is 10.2. The van der Waals surface area contributed by atoms with Crippen LogP contribution in [-0.4, -0.2) is 57.3 Å². The number of rotatable bonds is 11. The molecule has 47 heavy (non-hydrogen) atoms. The molecule has 14 heteroatoms. The van der Waals surface area contributed by atoms with Crippen molar-refractivity contribution in [3.8, 4) is 17.2 Å². The maximum atomic E-state index is 14.2. The fourth-order valence-corrected chi connectivity index (χ4v) is 6.74. The molecule has 3 heterocycles. The number of carbonyl (C=O) groups is 2. The van der Waals surface area contributed by atoms with E-state index in [4.69, 9.17) is 14.6 Å². The Morgan fingerprint density at radius 1 is 0.979 bits per heavy atom. The fourth-order valence-electron chi connectivity index (χ4n) is 5.20. The summed E-state index contributed by atoms with van der Waals surface area (Å²) in [5, 5.41) is 19.7. The molecular weight excluding hydrogens is 647 g/mol. The zero-order valence-electron chi connectivity index (χ0n) is 25.2. The standard InChI is InChI=1S/C33H28F2N6O4S2/c1-44-27-10-5-8-23(31(27)45-2)26-17-25(28-11-6-16-46-28)39-41(26)30(42)19-47-33-38-37-29(40(33)21-14-12-20(34)13-15-21)18-36-32(43)22-7-3-4-9-24(22)35/h3-16,26H,17-19H2,1-2H3,(H,36,43). The van der Waals surface area contributed by atoms with Crippen LogP contribution in [0.2, 0.25) is 0 Å². The van der Waals surface area contributed by atoms with Crippen molar-refractivity contribution in [1.82, 2.24) is 25.1 Å². The van der Waals surface area contributed by atoms with E-state index >= 15 is 0 Å². The lowest BCUT2D eigenvalue weighted by atomic mass is 9.99. The molecule has 1 aliphatic heterocycles. The van der Waals surface area contributed by atoms with Gasteiger partial charge in [-0.1, -0.05) is 42.1 Å². The minimum Gasteiger partial charge on any atom is -0.493 e. The summed E-state index contributed by atoms with van der Waals surface area (Å²) in [6.45, 7) is -0.107. The third-order valence-corrected chi connectivity index (χ3v) is 9.23. The van der Waals surface area contributed by atoms with E-state index in [1.807, 2.05) is 29.6 Å². The third kappa shape index (κ3) is 6.74. The Bertz CT molecular complexity index is 1930. The SMILES string of the molecule is COc1cccc(C2CC(c3cccs3)=NN2C(=O)CSc2nnc(CNC(=O)c3ccccc3F)n2-c2ccc(F)cc2)c1OC. The minimum absolute atomic E-state index is 0.0646. The van der Waals surface area contributed by atoms with Crippen LogP contribution >= 0.6 is 23.1 Å². The fraction of sp³-hybridized carbons (Fsp3) is 0.182. The van der Waals surface area contributed by atoms with Crippen LogP contribution in [0.1, 0.15) is 39.1 Å². The molecule has 1 N–H and O–H groups in total. The van der Waals surface area contributed by atoms with E-state index < -0.39 is 23.6 Å². The van der Waals surface area contributed by atoms with Gasteiger partial charge in [0.1, 0.15) is 11.6 Å². The number of methoxy groups -OCH3 is 2. The van der Waals surface area contributed by atoms with Crippen LogP contribution < -0.4 is 14.8 Å². The first-order valence-electron chi connectivity index (χ1n) is 14.4. The molecule has 0 spiro atoms. The molecule has 0 saturated heterocycles. The van der Waals surface area contributed by atoms with Gasteiger partial charge in [0.2, 0.25) is 0 Å². The molecule has 0 bridgehead atoms. The highest BCUT2D eigenvalue weighted by molar-refractivity contribution is 7.99. The molecule has 2 amide bonds. The Morgan fingerprint density at radius 2 is 1.79 bits per heavy atom. The second-order valence-corrected chi connectivity index (χ2v) is 12.1. The number of para-hydroxylation sites is 1. The first-order chi connectivity index (χ1) is 22.9. The van der Waals surface area contributed by atoms with Crippen LogP contribution in [0.3, 0.4) is 0 Å². The summed E-state index contributed by atoms with van der Waals surface area (Å²) in [4.78, 5) is 27.6. The molecule has 1 aliphatic rings. The predicted octanol–water partition coefficient (Wildman–Crippen LogP) is 6.02. The van der Waals surface area contributed by atoms with Crippen LogP contribution in [0, 0.1) is 11.6 Å². The number of nitrogens with one attached hydrogen (secondary N) is 1. The molecule has 5 aromatic rings. The number of aromatic nitrogens is 3. The van der Waals surface area contributed by atoms with E-state index in [9.17, 15) is 18.4 Å². The normalized spacial score (nSPS) is 14.2. The first kappa shape index (κ1) is 31.9. The number of hydrogen-bond donors (Lipinski definition) is 1. The van der Waals surface area contributed by atoms with E-state index in [0.29, 0.717) is 34.6 Å². The van der Waals surface area contributed by atoms with Gasteiger partial charge in [-0.05, 0) is 53.9 Å². The second kappa shape index (κ2) is 14.1. The Balaban J connectivity index is 1.27. The predicted molar refractivity (Wildman–Crippen MR) is 174 cm³/mol. The molecule has 6 rings (SSSR count). The number of ether oxygens (including phenoxy) is 2. The number of nitrogens with zero attached hydrogens (tertiary/aromatic N) is 5. The summed E-state index contributed by atoms with van der Waals surface area (Å²) in [7, 11) is 3.11. The summed E-state index contributed by atoms with van der Waals surface area (Å²) in [6.07, 6.45) is 0.470. The van der Waals surface area contributed by atoms with E-state index in [-0.39, 0.29) is 23.8 Å². The number of halogens is 2. The van der Waals surface area contributed by atoms with Gasteiger partial charge in [-0.15, -0.1) is 21.5 Å². The Kier molecular flexibility index (Phi) is 9.59. The van der Waals surface area contributed by atoms with Gasteiger partial charge >= 0.3 is 0 Å². The van der Waals surface area contributed by atoms with Gasteiger partial charge in [0.05, 0.1) is 48.7 Å². The summed E-state index contributed by atoms with van der Waals surface area (Å²) in [5.41, 5.74) is 1.92. The molecule has 1 atom stereocenters. The molecule has 0 saturated carbocycles. The van der Waals surface area contributed by atoms with Crippen molar-refractivity contribution in [3.63, 3.8) is 0 Å². The van der Waals surface area contributed by atoms with Crippen LogP contribution in [-0.2, 0) is 11.3 Å². The average Bonchev–Trinajstić information content (AvgIpc) is 3.87. The first-order valence-corrected chi connectivity index (χ1v) is 16.2. The van der Waals surface area contributed by atoms with Crippen molar-refractivity contribution in [3.05, 3.63) is 118 Å². The lowest BCUT2D eigenvalue weighted by molar-refractivity contribution is -0.130. The number of thioether (sulfide) groups is 1. The molecular formula is C33H28F2N6O4S2. The van der Waals surface area contributed by atoms with Crippen LogP contribution in [0.25, 0.3) is 5.69 Å². The van der Waals surface area contributed by atoms with Crippen molar-refractivity contribution in [2.24, 2.45) is 5.10 Å². The maximum absolute atomic E-state index is 14.2. The summed E-state index contributed by atoms with van der Waals surface area (Å²) in [5.74, 6) is -0.721. The molecule has 10 nitrogen and oxygen atoms in total. The van der Waals surface area contributed by atoms with Gasteiger partial charge < -0.3 is 14.8 Å². The van der Waals surface area contributed by atoms with E-state index in [2.05, 4.69) is 15.5 Å². The number of hydrazone groups is 1. The van der Waals surface area contributed by atoms with Crippen molar-refractivity contribution >= 4 is 40.6 Å². The molecule has 1 unspecified atom stereocenters. The van der Waals surface area contributed by atoms with Crippen LogP contribution in [0.4, 0.5) is 8.78 Å². The van der Waals surface area contributed by atoms with Gasteiger partial charge in [-0.2, -0.15) is 5.10 Å². The van der Waals surface area contributed by atoms with Crippen LogP contribution in [0.5, 0.6) is 11.5 Å². The molecule has 0 aliphatic carbocycles. The zero-order valence-corrected chi connectivity index (χ0v) is 26.9. The number of carbonyl (C=O) groups excluding carboxylic acids is 2. The van der Waals surface area contributed by atoms with Crippen molar-refractivity contribution in [2.75, 3.05) is 20.0 Å². The smallest absolute Gasteiger partial charge is 0.254 e. The maximum Gasteiger partial charge on any atom is 0.254 e. The minimum atomic E-state index is -0.656. The average molecular weight is 675 g/mol. The highest BCUT2D eigenvalue weighted by Gasteiger charge is 2.36. The summed E-state index contributed by atoms with van der Waals surface area (Å²) < 4.78 is 40.8. The molecule has 240 valence electrons. The van der Waals surface area contributed by atoms with Crippen LogP contribution in [0.15, 0.2) is 94.5 Å². The van der Waals surface area contributed by atoms with E-state index in [1.165, 1.54) is 58.8 Å². The third-order valence-electron chi connectivity index (χ3n) is 7.40. The van der Waals surface area contributed by atoms with E-state index in [0.717, 1.165) is 27.9 Å². The van der Waals surface area contributed by atoms with Gasteiger partial charge in [0.25, 0.3) is 11.8 Å². The molecule has 2 aromatic heterocycles. The zero-order chi connectivity index (χ0) is 32.9. The highest BCUT2D eigenvalue weighted by atomic mass is 32.2. The Morgan fingerprint density at radius 3 is 2.51 bits per heavy atom. The number of hydrogen-bond acceptors (Lipinski definition) is 9. The van der Waals surface area contributed by atoms with Gasteiger partial charge in [0.15, 0.2) is 22.5 Å². The molecule has 0 radical (unpaired) electrons. The van der Waals surface area contributed by atoms with Gasteiger partial charge in [-0.25, -0.2) is 13.8 Å². The number of thiophene rings is 1. The largest absolute Gasteiger partial charge is 0.493 e. The molecule has 3 aromatic carbocycles. The Hall–Kier alpha value is -5.08. The Labute approximate surface area is 277 Å². The monoisotopic (exact) mass is 674 g/mol. The number of benzene rings is 3. The number of amides is 2. The van der Waals surface area contributed by atoms with Crippen molar-refractivity contribution in [1.29, 1.82) is 0 Å². The summed E-state index contributed by atoms with van der Waals surface area (Å²) >= 11 is 2.66. The van der Waals surface area contributed by atoms with Crippen molar-refractivity contribution < 1.29 is 27.8 Å². The molecule has 0 fully saturated rings. The quantitative estimate of drug-likeness (QED) is 0.171. The highest BCUT2D eigenvalue weighted by Crippen LogP contribution is 2.42. The lowest BCUT2D eigenvalue weighted by Crippen LogP contribution is -2.29.